The largest absolute Gasteiger partial charge is 0.491 e. The van der Waals surface area contributed by atoms with Crippen LogP contribution in [0.4, 0.5) is 10.5 Å². The molecule has 0 atom stereocenters. The van der Waals surface area contributed by atoms with Crippen LogP contribution in [0.3, 0.4) is 0 Å². The smallest absolute Gasteiger partial charge is 0.415 e. The molecule has 1 aliphatic carbocycles. The number of rotatable bonds is 5. The van der Waals surface area contributed by atoms with E-state index in [1.165, 1.54) is 0 Å². The lowest BCUT2D eigenvalue weighted by Crippen LogP contribution is -2.39. The fourth-order valence-corrected chi connectivity index (χ4v) is 5.07. The Kier molecular flexibility index (Phi) is 5.47. The number of hydrogen-bond donors (Lipinski definition) is 0. The average molecular weight is 478 g/mol. The normalized spacial score (nSPS) is 23.4. The average Bonchev–Trinajstić information content (AvgIpc) is 3.23. The van der Waals surface area contributed by atoms with Crippen molar-refractivity contribution in [1.29, 1.82) is 0 Å². The van der Waals surface area contributed by atoms with E-state index in [2.05, 4.69) is 9.97 Å². The SMILES string of the molecule is COc1ccc2nccc(OCC3CCC4(CC3)CN(c3ccc5c(c3)OCCO5)C(=O)O4)c2n1. The van der Waals surface area contributed by atoms with Crippen molar-refractivity contribution in [3.8, 4) is 23.1 Å². The Morgan fingerprint density at radius 2 is 1.91 bits per heavy atom. The van der Waals surface area contributed by atoms with Crippen molar-refractivity contribution in [3.05, 3.63) is 42.6 Å². The maximum Gasteiger partial charge on any atom is 0.415 e. The van der Waals surface area contributed by atoms with E-state index < -0.39 is 5.60 Å². The Balaban J connectivity index is 1.09. The molecule has 1 spiro atoms. The summed E-state index contributed by atoms with van der Waals surface area (Å²) in [6.45, 7) is 2.16. The molecule has 1 saturated heterocycles. The van der Waals surface area contributed by atoms with E-state index in [-0.39, 0.29) is 6.09 Å². The molecule has 1 saturated carbocycles. The third kappa shape index (κ3) is 4.15. The zero-order chi connectivity index (χ0) is 23.8. The summed E-state index contributed by atoms with van der Waals surface area (Å²) in [6.07, 6.45) is 4.86. The van der Waals surface area contributed by atoms with Crippen LogP contribution < -0.4 is 23.8 Å². The molecule has 1 aromatic carbocycles. The number of nitrogens with zero attached hydrogens (tertiary/aromatic N) is 3. The minimum absolute atomic E-state index is 0.306. The molecular weight excluding hydrogens is 450 g/mol. The quantitative estimate of drug-likeness (QED) is 0.535. The molecule has 1 amide bonds. The topological polar surface area (TPSA) is 92.2 Å². The van der Waals surface area contributed by atoms with Crippen LogP contribution >= 0.6 is 0 Å². The van der Waals surface area contributed by atoms with Crippen LogP contribution in [0.25, 0.3) is 11.0 Å². The number of methoxy groups -OCH3 is 1. The molecule has 2 aliphatic heterocycles. The summed E-state index contributed by atoms with van der Waals surface area (Å²) in [5.74, 6) is 2.97. The Bertz CT molecular complexity index is 1260. The van der Waals surface area contributed by atoms with E-state index in [0.29, 0.717) is 60.9 Å². The van der Waals surface area contributed by atoms with Crippen LogP contribution in [0.1, 0.15) is 25.7 Å². The van der Waals surface area contributed by atoms with Crippen LogP contribution in [0.2, 0.25) is 0 Å². The van der Waals surface area contributed by atoms with Crippen molar-refractivity contribution >= 4 is 22.8 Å². The molecule has 182 valence electrons. The summed E-state index contributed by atoms with van der Waals surface area (Å²) >= 11 is 0. The summed E-state index contributed by atoms with van der Waals surface area (Å²) in [5.41, 5.74) is 1.77. The molecule has 2 aromatic heterocycles. The molecule has 2 fully saturated rings. The maximum atomic E-state index is 12.8. The van der Waals surface area contributed by atoms with Crippen molar-refractivity contribution in [2.75, 3.05) is 38.4 Å². The highest BCUT2D eigenvalue weighted by Crippen LogP contribution is 2.42. The first-order chi connectivity index (χ1) is 17.1. The number of fused-ring (bicyclic) bond motifs is 2. The minimum atomic E-state index is -0.459. The highest BCUT2D eigenvalue weighted by molar-refractivity contribution is 5.90. The fourth-order valence-electron chi connectivity index (χ4n) is 5.07. The van der Waals surface area contributed by atoms with E-state index in [1.807, 2.05) is 30.3 Å². The second kappa shape index (κ2) is 8.79. The summed E-state index contributed by atoms with van der Waals surface area (Å²) in [5, 5.41) is 0. The van der Waals surface area contributed by atoms with Gasteiger partial charge in [0.25, 0.3) is 0 Å². The van der Waals surface area contributed by atoms with Gasteiger partial charge in [-0.3, -0.25) is 9.88 Å². The number of carbonyl (C=O) groups is 1. The lowest BCUT2D eigenvalue weighted by Gasteiger charge is -2.35. The summed E-state index contributed by atoms with van der Waals surface area (Å²) in [4.78, 5) is 23.3. The molecule has 0 N–H and O–H groups in total. The lowest BCUT2D eigenvalue weighted by atomic mass is 9.79. The first-order valence-electron chi connectivity index (χ1n) is 12.0. The van der Waals surface area contributed by atoms with Gasteiger partial charge < -0.3 is 23.7 Å². The van der Waals surface area contributed by atoms with Crippen LogP contribution in [-0.2, 0) is 4.74 Å². The molecule has 0 unspecified atom stereocenters. The van der Waals surface area contributed by atoms with Crippen molar-refractivity contribution < 1.29 is 28.5 Å². The molecule has 0 bridgehead atoms. The van der Waals surface area contributed by atoms with Crippen LogP contribution in [-0.4, -0.2) is 55.1 Å². The van der Waals surface area contributed by atoms with Gasteiger partial charge >= 0.3 is 6.09 Å². The zero-order valence-corrected chi connectivity index (χ0v) is 19.6. The van der Waals surface area contributed by atoms with Gasteiger partial charge in [0.05, 0.1) is 31.5 Å². The zero-order valence-electron chi connectivity index (χ0n) is 19.6. The molecule has 3 aliphatic rings. The Morgan fingerprint density at radius 3 is 2.74 bits per heavy atom. The van der Waals surface area contributed by atoms with Gasteiger partial charge in [0.2, 0.25) is 5.88 Å². The first kappa shape index (κ1) is 21.8. The van der Waals surface area contributed by atoms with Gasteiger partial charge in [0.15, 0.2) is 11.5 Å². The van der Waals surface area contributed by atoms with E-state index in [9.17, 15) is 4.79 Å². The molecular formula is C26H27N3O6. The predicted molar refractivity (Wildman–Crippen MR) is 128 cm³/mol. The van der Waals surface area contributed by atoms with Crippen molar-refractivity contribution in [3.63, 3.8) is 0 Å². The number of hydrogen-bond acceptors (Lipinski definition) is 8. The summed E-state index contributed by atoms with van der Waals surface area (Å²) < 4.78 is 28.6. The van der Waals surface area contributed by atoms with Crippen molar-refractivity contribution in [2.24, 2.45) is 5.92 Å². The molecule has 0 radical (unpaired) electrons. The lowest BCUT2D eigenvalue weighted by molar-refractivity contribution is 0.00729. The van der Waals surface area contributed by atoms with Gasteiger partial charge in [-0.05, 0) is 49.8 Å². The highest BCUT2D eigenvalue weighted by Gasteiger charge is 2.47. The van der Waals surface area contributed by atoms with Gasteiger partial charge in [0, 0.05) is 24.4 Å². The van der Waals surface area contributed by atoms with Crippen molar-refractivity contribution in [1.82, 2.24) is 9.97 Å². The maximum absolute atomic E-state index is 12.8. The molecule has 3 aromatic rings. The minimum Gasteiger partial charge on any atom is -0.491 e. The second-order valence-corrected chi connectivity index (χ2v) is 9.25. The Hall–Kier alpha value is -3.75. The van der Waals surface area contributed by atoms with E-state index >= 15 is 0 Å². The van der Waals surface area contributed by atoms with E-state index in [1.54, 1.807) is 24.3 Å². The van der Waals surface area contributed by atoms with Gasteiger partial charge in [0.1, 0.15) is 30.1 Å². The summed E-state index contributed by atoms with van der Waals surface area (Å²) in [7, 11) is 1.59. The van der Waals surface area contributed by atoms with Gasteiger partial charge in [-0.1, -0.05) is 0 Å². The third-order valence-electron chi connectivity index (χ3n) is 7.03. The number of ether oxygens (including phenoxy) is 5. The van der Waals surface area contributed by atoms with E-state index in [0.717, 1.165) is 36.9 Å². The standard InChI is InChI=1S/C26H27N3O6/c1-31-23-5-3-19-24(28-23)21(8-11-27-19)34-15-17-6-9-26(10-7-17)16-29(25(30)35-26)18-2-4-20-22(14-18)33-13-12-32-20/h2-5,8,11,14,17H,6-7,9-10,12-13,15-16H2,1H3. The molecule has 9 heteroatoms. The highest BCUT2D eigenvalue weighted by atomic mass is 16.6. The Labute approximate surface area is 202 Å². The second-order valence-electron chi connectivity index (χ2n) is 9.25. The van der Waals surface area contributed by atoms with E-state index in [4.69, 9.17) is 23.7 Å². The first-order valence-corrected chi connectivity index (χ1v) is 12.0. The Morgan fingerprint density at radius 1 is 1.09 bits per heavy atom. The van der Waals surface area contributed by atoms with Crippen LogP contribution in [0, 0.1) is 5.92 Å². The fraction of sp³-hybridized carbons (Fsp3) is 0.423. The monoisotopic (exact) mass is 477 g/mol. The molecule has 35 heavy (non-hydrogen) atoms. The molecule has 9 nitrogen and oxygen atoms in total. The number of carbonyl (C=O) groups excluding carboxylic acids is 1. The summed E-state index contributed by atoms with van der Waals surface area (Å²) in [6, 6.07) is 11.1. The van der Waals surface area contributed by atoms with Gasteiger partial charge in [-0.15, -0.1) is 0 Å². The molecule has 4 heterocycles. The number of amides is 1. The molecule has 6 rings (SSSR count). The van der Waals surface area contributed by atoms with Crippen molar-refractivity contribution in [2.45, 2.75) is 31.3 Å². The van der Waals surface area contributed by atoms with Gasteiger partial charge in [-0.25, -0.2) is 9.78 Å². The number of benzene rings is 1. The number of pyridine rings is 2. The third-order valence-corrected chi connectivity index (χ3v) is 7.03. The van der Waals surface area contributed by atoms with Gasteiger partial charge in [-0.2, -0.15) is 0 Å². The van der Waals surface area contributed by atoms with Crippen LogP contribution in [0.15, 0.2) is 42.6 Å². The predicted octanol–water partition coefficient (Wildman–Crippen LogP) is 4.37. The van der Waals surface area contributed by atoms with Crippen LogP contribution in [0.5, 0.6) is 23.1 Å². The number of aromatic nitrogens is 2. The number of anilines is 1.